The molecule has 2 aliphatic rings. The Labute approximate surface area is 208 Å². The molecule has 2 aliphatic heterocycles. The lowest BCUT2D eigenvalue weighted by Gasteiger charge is -2.41. The fourth-order valence-corrected chi connectivity index (χ4v) is 5.31. The van der Waals surface area contributed by atoms with E-state index >= 15 is 8.78 Å². The molecular weight excluding hydrogens is 501 g/mol. The van der Waals surface area contributed by atoms with E-state index in [2.05, 4.69) is 16.9 Å². The number of para-hydroxylation sites is 1. The first-order valence-corrected chi connectivity index (χ1v) is 11.9. The number of fused-ring (bicyclic) bond motifs is 3. The minimum Gasteiger partial charge on any atom is -0.380 e. The normalized spacial score (nSPS) is 18.8. The molecule has 0 saturated carbocycles. The molecule has 198 valence electrons. The molecule has 2 N–H and O–H groups in total. The molecule has 1 atom stereocenters. The predicted octanol–water partition coefficient (Wildman–Crippen LogP) is 6.06. The van der Waals surface area contributed by atoms with Crippen LogP contribution in [0.5, 0.6) is 0 Å². The maximum Gasteiger partial charge on any atom is 0.405 e. The summed E-state index contributed by atoms with van der Waals surface area (Å²) >= 11 is 0. The number of nitrogens with one attached hydrogen (secondary N) is 2. The quantitative estimate of drug-likeness (QED) is 0.367. The van der Waals surface area contributed by atoms with Crippen LogP contribution in [0.25, 0.3) is 10.9 Å². The largest absolute Gasteiger partial charge is 0.405 e. The van der Waals surface area contributed by atoms with Crippen LogP contribution in [-0.4, -0.2) is 59.9 Å². The smallest absolute Gasteiger partial charge is 0.380 e. The van der Waals surface area contributed by atoms with Gasteiger partial charge in [-0.1, -0.05) is 18.7 Å². The van der Waals surface area contributed by atoms with Crippen molar-refractivity contribution in [3.63, 3.8) is 0 Å². The fraction of sp³-hybridized carbons (Fsp3) is 0.385. The van der Waals surface area contributed by atoms with Crippen LogP contribution in [0, 0.1) is 17.5 Å². The summed E-state index contributed by atoms with van der Waals surface area (Å²) in [6, 6.07) is 4.74. The molecule has 0 bridgehead atoms. The summed E-state index contributed by atoms with van der Waals surface area (Å²) in [6.45, 7) is 3.60. The molecule has 1 saturated heterocycles. The van der Waals surface area contributed by atoms with Gasteiger partial charge in [-0.05, 0) is 30.2 Å². The zero-order valence-electron chi connectivity index (χ0n) is 19.7. The Balaban J connectivity index is 1.52. The van der Waals surface area contributed by atoms with Gasteiger partial charge >= 0.3 is 6.18 Å². The number of H-pyrrole nitrogens is 1. The van der Waals surface area contributed by atoms with Gasteiger partial charge in [-0.2, -0.15) is 13.2 Å². The minimum atomic E-state index is -4.68. The Kier molecular flexibility index (Phi) is 6.59. The van der Waals surface area contributed by atoms with Gasteiger partial charge in [-0.15, -0.1) is 0 Å². The molecule has 1 aromatic heterocycles. The van der Waals surface area contributed by atoms with E-state index in [0.717, 1.165) is 17.0 Å². The highest BCUT2D eigenvalue weighted by Crippen LogP contribution is 2.45. The van der Waals surface area contributed by atoms with Crippen LogP contribution in [0.15, 0.2) is 42.6 Å². The van der Waals surface area contributed by atoms with Gasteiger partial charge in [0.25, 0.3) is 0 Å². The standard InChI is InChI=1S/C26H25F7N4/c1-14-8-18-17-4-2-5-19(28)23(17)35-24(18)25(37(14)13-26(31,32)33)22-20(29)9-15(10-21(22)30)34-16-11-36(12-16)7-3-6-27/h2,4-5,9-10,16,25,34-35H,1,3,6-8,11-13H2/t25-/m1/s1. The molecule has 0 spiro atoms. The Morgan fingerprint density at radius 3 is 2.41 bits per heavy atom. The first-order chi connectivity index (χ1) is 17.6. The van der Waals surface area contributed by atoms with Crippen molar-refractivity contribution in [1.82, 2.24) is 14.8 Å². The lowest BCUT2D eigenvalue weighted by molar-refractivity contribution is -0.145. The zero-order valence-corrected chi connectivity index (χ0v) is 19.7. The molecule has 11 heteroatoms. The van der Waals surface area contributed by atoms with Gasteiger partial charge in [-0.25, -0.2) is 13.2 Å². The van der Waals surface area contributed by atoms with E-state index in [1.807, 2.05) is 4.90 Å². The van der Waals surface area contributed by atoms with Gasteiger partial charge < -0.3 is 15.2 Å². The highest BCUT2D eigenvalue weighted by Gasteiger charge is 2.42. The molecule has 0 radical (unpaired) electrons. The molecule has 0 unspecified atom stereocenters. The summed E-state index contributed by atoms with van der Waals surface area (Å²) in [5.74, 6) is -2.69. The van der Waals surface area contributed by atoms with Gasteiger partial charge in [0.05, 0.1) is 23.8 Å². The van der Waals surface area contributed by atoms with Gasteiger partial charge in [-0.3, -0.25) is 9.29 Å². The summed E-state index contributed by atoms with van der Waals surface area (Å²) in [4.78, 5) is 5.62. The summed E-state index contributed by atoms with van der Waals surface area (Å²) in [5.41, 5.74) is 0.185. The number of allylic oxidation sites excluding steroid dienone is 1. The van der Waals surface area contributed by atoms with Crippen molar-refractivity contribution in [1.29, 1.82) is 0 Å². The number of anilines is 1. The second-order valence-electron chi connectivity index (χ2n) is 9.57. The van der Waals surface area contributed by atoms with E-state index in [1.165, 1.54) is 12.1 Å². The molecule has 4 nitrogen and oxygen atoms in total. The number of nitrogens with zero attached hydrogens (tertiary/aromatic N) is 2. The van der Waals surface area contributed by atoms with Crippen LogP contribution >= 0.6 is 0 Å². The predicted molar refractivity (Wildman–Crippen MR) is 127 cm³/mol. The Hall–Kier alpha value is -3.21. The average molecular weight is 527 g/mol. The van der Waals surface area contributed by atoms with Gasteiger partial charge in [0.2, 0.25) is 0 Å². The first kappa shape index (κ1) is 25.4. The first-order valence-electron chi connectivity index (χ1n) is 11.9. The molecule has 0 amide bonds. The van der Waals surface area contributed by atoms with Crippen LogP contribution in [0.1, 0.15) is 29.3 Å². The number of alkyl halides is 4. The van der Waals surface area contributed by atoms with Crippen molar-refractivity contribution < 1.29 is 30.7 Å². The third-order valence-corrected chi connectivity index (χ3v) is 6.93. The Bertz CT molecular complexity index is 1300. The lowest BCUT2D eigenvalue weighted by Crippen LogP contribution is -2.54. The third kappa shape index (κ3) is 4.88. The number of halogens is 7. The minimum absolute atomic E-state index is 0.0174. The molecule has 5 rings (SSSR count). The van der Waals surface area contributed by atoms with Crippen LogP contribution in [-0.2, 0) is 6.42 Å². The lowest BCUT2D eigenvalue weighted by atomic mass is 9.90. The highest BCUT2D eigenvalue weighted by atomic mass is 19.4. The van der Waals surface area contributed by atoms with Crippen molar-refractivity contribution in [2.75, 3.05) is 38.2 Å². The zero-order chi connectivity index (χ0) is 26.5. The van der Waals surface area contributed by atoms with Crippen molar-refractivity contribution in [3.05, 3.63) is 76.9 Å². The molecule has 3 aromatic rings. The van der Waals surface area contributed by atoms with E-state index in [-0.39, 0.29) is 35.1 Å². The molecular formula is C26H25F7N4. The molecule has 0 aliphatic carbocycles. The number of aromatic amines is 1. The van der Waals surface area contributed by atoms with Gasteiger partial charge in [0, 0.05) is 48.5 Å². The second kappa shape index (κ2) is 9.59. The maximum absolute atomic E-state index is 15.5. The van der Waals surface area contributed by atoms with Crippen molar-refractivity contribution in [2.45, 2.75) is 31.1 Å². The van der Waals surface area contributed by atoms with Gasteiger partial charge in [0.1, 0.15) is 30.0 Å². The van der Waals surface area contributed by atoms with E-state index < -0.39 is 48.5 Å². The topological polar surface area (TPSA) is 34.3 Å². The van der Waals surface area contributed by atoms with E-state index in [4.69, 9.17) is 0 Å². The SMILES string of the molecule is C=C1Cc2c([nH]c3c(F)cccc23)[C@@H](c2c(F)cc(NC3CN(CCCF)C3)cc2F)N1CC(F)(F)F. The summed E-state index contributed by atoms with van der Waals surface area (Å²) in [5, 5.41) is 3.44. The Morgan fingerprint density at radius 1 is 1.05 bits per heavy atom. The van der Waals surface area contributed by atoms with Crippen LogP contribution in [0.4, 0.5) is 36.4 Å². The monoisotopic (exact) mass is 526 g/mol. The highest BCUT2D eigenvalue weighted by molar-refractivity contribution is 5.86. The number of hydrogen-bond acceptors (Lipinski definition) is 3. The number of hydrogen-bond donors (Lipinski definition) is 2. The molecule has 2 aromatic carbocycles. The van der Waals surface area contributed by atoms with Crippen molar-refractivity contribution in [3.8, 4) is 0 Å². The Morgan fingerprint density at radius 2 is 1.76 bits per heavy atom. The van der Waals surface area contributed by atoms with Crippen molar-refractivity contribution >= 4 is 16.6 Å². The van der Waals surface area contributed by atoms with Crippen LogP contribution < -0.4 is 5.32 Å². The van der Waals surface area contributed by atoms with Crippen LogP contribution in [0.2, 0.25) is 0 Å². The summed E-state index contributed by atoms with van der Waals surface area (Å²) in [7, 11) is 0. The summed E-state index contributed by atoms with van der Waals surface area (Å²) in [6.07, 6.45) is -4.30. The number of likely N-dealkylation sites (tertiary alicyclic amines) is 1. The van der Waals surface area contributed by atoms with E-state index in [9.17, 15) is 22.0 Å². The fourth-order valence-electron chi connectivity index (χ4n) is 5.31. The third-order valence-electron chi connectivity index (χ3n) is 6.93. The van der Waals surface area contributed by atoms with E-state index in [0.29, 0.717) is 37.0 Å². The number of benzene rings is 2. The van der Waals surface area contributed by atoms with E-state index in [1.54, 1.807) is 6.07 Å². The number of rotatable bonds is 7. The summed E-state index contributed by atoms with van der Waals surface area (Å²) < 4.78 is 98.5. The number of aromatic nitrogens is 1. The van der Waals surface area contributed by atoms with Crippen LogP contribution in [0.3, 0.4) is 0 Å². The van der Waals surface area contributed by atoms with Gasteiger partial charge in [0.15, 0.2) is 0 Å². The molecule has 1 fully saturated rings. The average Bonchev–Trinajstić information content (AvgIpc) is 3.15. The molecule has 3 heterocycles. The molecule has 37 heavy (non-hydrogen) atoms. The van der Waals surface area contributed by atoms with Crippen molar-refractivity contribution in [2.24, 2.45) is 0 Å². The maximum atomic E-state index is 15.5. The second-order valence-corrected chi connectivity index (χ2v) is 9.57.